The number of nitrogens with one attached hydrogen (secondary N) is 2. The largest absolute Gasteiger partial charge is 0.493 e. The van der Waals surface area contributed by atoms with E-state index in [0.717, 1.165) is 6.42 Å². The monoisotopic (exact) mass is 394 g/mol. The molecule has 1 atom stereocenters. The standard InChI is InChI=1S/C20H34N4O4/c1-6-27-13-9-12-21-20(23-15-19(25)24(3)4)22-14-16(2)28-18-11-8-7-10-17(18)26-5/h7-8,10-11,16H,6,9,12-15H2,1-5H3,(H2,21,22,23). The molecule has 1 rings (SSSR count). The zero-order valence-electron chi connectivity index (χ0n) is 17.7. The fraction of sp³-hybridized carbons (Fsp3) is 0.600. The number of benzene rings is 1. The smallest absolute Gasteiger partial charge is 0.243 e. The number of carbonyl (C=O) groups is 1. The van der Waals surface area contributed by atoms with Crippen LogP contribution in [0.2, 0.25) is 0 Å². The molecular weight excluding hydrogens is 360 g/mol. The Bertz CT molecular complexity index is 608. The zero-order chi connectivity index (χ0) is 20.8. The number of para-hydroxylation sites is 2. The van der Waals surface area contributed by atoms with Gasteiger partial charge in [0, 0.05) is 33.9 Å². The van der Waals surface area contributed by atoms with Gasteiger partial charge in [-0.05, 0) is 32.4 Å². The maximum Gasteiger partial charge on any atom is 0.243 e. The van der Waals surface area contributed by atoms with Crippen LogP contribution in [0, 0.1) is 0 Å². The van der Waals surface area contributed by atoms with E-state index in [-0.39, 0.29) is 18.6 Å². The van der Waals surface area contributed by atoms with Gasteiger partial charge in [0.15, 0.2) is 17.5 Å². The molecule has 0 aromatic heterocycles. The van der Waals surface area contributed by atoms with Gasteiger partial charge in [-0.15, -0.1) is 0 Å². The number of hydrogen-bond donors (Lipinski definition) is 2. The molecule has 2 N–H and O–H groups in total. The molecule has 0 radical (unpaired) electrons. The first-order valence-corrected chi connectivity index (χ1v) is 9.57. The number of hydrogen-bond acceptors (Lipinski definition) is 5. The zero-order valence-corrected chi connectivity index (χ0v) is 17.7. The first-order valence-electron chi connectivity index (χ1n) is 9.57. The highest BCUT2D eigenvalue weighted by atomic mass is 16.5. The van der Waals surface area contributed by atoms with Crippen molar-refractivity contribution in [1.29, 1.82) is 0 Å². The predicted octanol–water partition coefficient (Wildman–Crippen LogP) is 1.51. The van der Waals surface area contributed by atoms with Crippen LogP contribution >= 0.6 is 0 Å². The third kappa shape index (κ3) is 9.45. The molecule has 8 heteroatoms. The Morgan fingerprint density at radius 1 is 1.21 bits per heavy atom. The molecule has 0 aliphatic heterocycles. The van der Waals surface area contributed by atoms with Crippen molar-refractivity contribution in [3.8, 4) is 11.5 Å². The molecule has 0 spiro atoms. The first kappa shape index (κ1) is 23.6. The van der Waals surface area contributed by atoms with Crippen LogP contribution in [0.5, 0.6) is 11.5 Å². The van der Waals surface area contributed by atoms with E-state index < -0.39 is 0 Å². The Hall–Kier alpha value is -2.48. The third-order valence-corrected chi connectivity index (χ3v) is 3.79. The van der Waals surface area contributed by atoms with Crippen LogP contribution in [0.4, 0.5) is 0 Å². The summed E-state index contributed by atoms with van der Waals surface area (Å²) in [6, 6.07) is 7.52. The molecule has 0 saturated carbocycles. The average molecular weight is 395 g/mol. The molecule has 0 bridgehead atoms. The van der Waals surface area contributed by atoms with E-state index in [0.29, 0.717) is 43.8 Å². The van der Waals surface area contributed by atoms with Crippen LogP contribution < -0.4 is 20.1 Å². The van der Waals surface area contributed by atoms with E-state index in [4.69, 9.17) is 14.2 Å². The van der Waals surface area contributed by atoms with Gasteiger partial charge in [0.1, 0.15) is 12.6 Å². The molecule has 1 amide bonds. The Kier molecular flexibility index (Phi) is 11.5. The van der Waals surface area contributed by atoms with Gasteiger partial charge in [0.2, 0.25) is 5.91 Å². The average Bonchev–Trinajstić information content (AvgIpc) is 2.69. The molecule has 0 heterocycles. The van der Waals surface area contributed by atoms with Crippen LogP contribution in [0.25, 0.3) is 0 Å². The summed E-state index contributed by atoms with van der Waals surface area (Å²) in [5, 5.41) is 6.45. The topological polar surface area (TPSA) is 84.4 Å². The second-order valence-corrected chi connectivity index (χ2v) is 6.39. The van der Waals surface area contributed by atoms with Gasteiger partial charge in [-0.25, -0.2) is 4.99 Å². The van der Waals surface area contributed by atoms with Crippen molar-refractivity contribution in [1.82, 2.24) is 15.5 Å². The number of rotatable bonds is 12. The van der Waals surface area contributed by atoms with Crippen LogP contribution in [0.15, 0.2) is 29.3 Å². The molecular formula is C20H34N4O4. The fourth-order valence-electron chi connectivity index (χ4n) is 2.20. The molecule has 1 unspecified atom stereocenters. The summed E-state index contributed by atoms with van der Waals surface area (Å²) in [5.74, 6) is 1.88. The number of nitrogens with zero attached hydrogens (tertiary/aromatic N) is 2. The molecule has 0 aliphatic rings. The third-order valence-electron chi connectivity index (χ3n) is 3.79. The van der Waals surface area contributed by atoms with E-state index in [2.05, 4.69) is 15.6 Å². The molecule has 1 aromatic carbocycles. The highest BCUT2D eigenvalue weighted by Gasteiger charge is 2.10. The molecule has 8 nitrogen and oxygen atoms in total. The molecule has 28 heavy (non-hydrogen) atoms. The van der Waals surface area contributed by atoms with E-state index in [9.17, 15) is 4.79 Å². The van der Waals surface area contributed by atoms with Crippen LogP contribution in [0.1, 0.15) is 20.3 Å². The summed E-state index contributed by atoms with van der Waals surface area (Å²) in [6.45, 7) is 6.61. The number of methoxy groups -OCH3 is 1. The summed E-state index contributed by atoms with van der Waals surface area (Å²) < 4.78 is 16.6. The van der Waals surface area contributed by atoms with Crippen molar-refractivity contribution >= 4 is 11.9 Å². The molecule has 0 aliphatic carbocycles. The van der Waals surface area contributed by atoms with Gasteiger partial charge in [-0.1, -0.05) is 12.1 Å². The number of ether oxygens (including phenoxy) is 3. The molecule has 158 valence electrons. The lowest BCUT2D eigenvalue weighted by Gasteiger charge is -2.19. The van der Waals surface area contributed by atoms with Crippen molar-refractivity contribution in [2.45, 2.75) is 26.4 Å². The van der Waals surface area contributed by atoms with Crippen LogP contribution in [-0.4, -0.2) is 76.9 Å². The summed E-state index contributed by atoms with van der Waals surface area (Å²) in [6.07, 6.45) is 0.722. The van der Waals surface area contributed by atoms with Crippen LogP contribution in [0.3, 0.4) is 0 Å². The van der Waals surface area contributed by atoms with Crippen molar-refractivity contribution in [3.05, 3.63) is 24.3 Å². The van der Waals surface area contributed by atoms with Crippen molar-refractivity contribution in [2.75, 3.05) is 54.1 Å². The van der Waals surface area contributed by atoms with Crippen molar-refractivity contribution < 1.29 is 19.0 Å². The van der Waals surface area contributed by atoms with Crippen molar-refractivity contribution in [3.63, 3.8) is 0 Å². The van der Waals surface area contributed by atoms with E-state index in [1.807, 2.05) is 38.1 Å². The quantitative estimate of drug-likeness (QED) is 0.318. The Balaban J connectivity index is 2.57. The molecule has 0 fully saturated rings. The van der Waals surface area contributed by atoms with Gasteiger partial charge >= 0.3 is 0 Å². The summed E-state index contributed by atoms with van der Waals surface area (Å²) in [7, 11) is 5.04. The normalized spacial score (nSPS) is 12.2. The minimum Gasteiger partial charge on any atom is -0.493 e. The van der Waals surface area contributed by atoms with Crippen LogP contribution in [-0.2, 0) is 9.53 Å². The minimum absolute atomic E-state index is 0.0614. The van der Waals surface area contributed by atoms with Gasteiger partial charge in [0.05, 0.1) is 13.7 Å². The Labute approximate surface area is 168 Å². The SMILES string of the molecule is CCOCCCNC(=NCC(=O)N(C)C)NCC(C)Oc1ccccc1OC. The van der Waals surface area contributed by atoms with Crippen molar-refractivity contribution in [2.24, 2.45) is 4.99 Å². The summed E-state index contributed by atoms with van der Waals surface area (Å²) in [5.41, 5.74) is 0. The lowest BCUT2D eigenvalue weighted by atomic mass is 10.3. The maximum atomic E-state index is 11.8. The number of guanidine groups is 1. The van der Waals surface area contributed by atoms with Gasteiger partial charge in [-0.3, -0.25) is 4.79 Å². The fourth-order valence-corrected chi connectivity index (χ4v) is 2.20. The Morgan fingerprint density at radius 3 is 2.57 bits per heavy atom. The maximum absolute atomic E-state index is 11.8. The number of aliphatic imine (C=N–C) groups is 1. The highest BCUT2D eigenvalue weighted by molar-refractivity contribution is 5.84. The second-order valence-electron chi connectivity index (χ2n) is 6.39. The van der Waals surface area contributed by atoms with E-state index >= 15 is 0 Å². The second kappa shape index (κ2) is 13.7. The first-order chi connectivity index (χ1) is 13.5. The van der Waals surface area contributed by atoms with Gasteiger partial charge < -0.3 is 29.7 Å². The van der Waals surface area contributed by atoms with Gasteiger partial charge in [-0.2, -0.15) is 0 Å². The Morgan fingerprint density at radius 2 is 1.93 bits per heavy atom. The minimum atomic E-state index is -0.128. The predicted molar refractivity (Wildman–Crippen MR) is 111 cm³/mol. The summed E-state index contributed by atoms with van der Waals surface area (Å²) in [4.78, 5) is 17.7. The van der Waals surface area contributed by atoms with E-state index in [1.54, 1.807) is 21.2 Å². The lowest BCUT2D eigenvalue weighted by molar-refractivity contribution is -0.127. The number of likely N-dealkylation sites (N-methyl/N-ethyl adjacent to an activating group) is 1. The lowest BCUT2D eigenvalue weighted by Crippen LogP contribution is -2.43. The van der Waals surface area contributed by atoms with E-state index in [1.165, 1.54) is 4.90 Å². The summed E-state index contributed by atoms with van der Waals surface area (Å²) >= 11 is 0. The molecule has 0 saturated heterocycles. The van der Waals surface area contributed by atoms with Gasteiger partial charge in [0.25, 0.3) is 0 Å². The highest BCUT2D eigenvalue weighted by Crippen LogP contribution is 2.26. The number of carbonyl (C=O) groups excluding carboxylic acids is 1. The molecule has 1 aromatic rings. The number of amides is 1.